The molecule has 1 aromatic carbocycles. The lowest BCUT2D eigenvalue weighted by molar-refractivity contribution is -0.434. The fourth-order valence-corrected chi connectivity index (χ4v) is 5.22. The Morgan fingerprint density at radius 2 is 0.833 bits per heavy atom. The Balaban J connectivity index is 1.25. The van der Waals surface area contributed by atoms with Gasteiger partial charge < -0.3 is 52.1 Å². The van der Waals surface area contributed by atoms with Crippen molar-refractivity contribution in [1.29, 1.82) is 0 Å². The zero-order valence-electron chi connectivity index (χ0n) is 30.4. The minimum absolute atomic E-state index is 0.0000310. The minimum Gasteiger partial charge on any atom is -0.382 e. The van der Waals surface area contributed by atoms with Gasteiger partial charge in [0.15, 0.2) is 5.71 Å². The number of benzene rings is 1. The molecule has 1 aliphatic heterocycles. The van der Waals surface area contributed by atoms with E-state index in [0.29, 0.717) is 139 Å². The predicted molar refractivity (Wildman–Crippen MR) is 184 cm³/mol. The Labute approximate surface area is 289 Å². The number of hydrogen-bond acceptors (Lipinski definition) is 11. The van der Waals surface area contributed by atoms with Crippen LogP contribution in [0.5, 0.6) is 0 Å². The molecule has 0 saturated heterocycles. The van der Waals surface area contributed by atoms with E-state index in [2.05, 4.69) is 50.5 Å². The lowest BCUT2D eigenvalue weighted by atomic mass is 9.77. The Kier molecular flexibility index (Phi) is 25.0. The first kappa shape index (κ1) is 42.6. The van der Waals surface area contributed by atoms with Crippen LogP contribution in [0.15, 0.2) is 18.2 Å². The standard InChI is InChI=1S/C36H64NO11/c1-6-37-33(3)36(4,34-31-32(2)7-8-35(34)37)9-10-39-13-14-41-17-18-43-21-22-45-25-26-47-29-30-48-28-27-46-24-23-44-20-19-42-16-15-40-12-11-38-5/h7-8,31H,6,9-30H2,1-5H3/q+1. The quantitative estimate of drug-likeness (QED) is 0.0785. The molecule has 0 radical (unpaired) electrons. The van der Waals surface area contributed by atoms with E-state index in [1.54, 1.807) is 7.11 Å². The highest BCUT2D eigenvalue weighted by molar-refractivity contribution is 5.93. The number of rotatable bonds is 34. The largest absolute Gasteiger partial charge is 0.382 e. The van der Waals surface area contributed by atoms with E-state index in [0.717, 1.165) is 13.0 Å². The van der Waals surface area contributed by atoms with E-state index >= 15 is 0 Å². The number of ether oxygens (including phenoxy) is 11. The molecule has 0 N–H and O–H groups in total. The monoisotopic (exact) mass is 686 g/mol. The van der Waals surface area contributed by atoms with Gasteiger partial charge in [-0.3, -0.25) is 0 Å². The van der Waals surface area contributed by atoms with Gasteiger partial charge in [-0.1, -0.05) is 11.6 Å². The molecular formula is C36H64NO11+. The summed E-state index contributed by atoms with van der Waals surface area (Å²) in [4.78, 5) is 0. The zero-order valence-corrected chi connectivity index (χ0v) is 30.4. The van der Waals surface area contributed by atoms with Crippen molar-refractivity contribution in [2.45, 2.75) is 39.5 Å². The maximum atomic E-state index is 5.93. The summed E-state index contributed by atoms with van der Waals surface area (Å²) in [5, 5.41) is 0. The van der Waals surface area contributed by atoms with Crippen LogP contribution in [-0.4, -0.2) is 163 Å². The molecule has 12 heteroatoms. The smallest absolute Gasteiger partial charge is 0.209 e. The average Bonchev–Trinajstić information content (AvgIpc) is 3.29. The van der Waals surface area contributed by atoms with Crippen molar-refractivity contribution in [3.8, 4) is 0 Å². The third-order valence-corrected chi connectivity index (χ3v) is 8.08. The summed E-state index contributed by atoms with van der Waals surface area (Å²) in [7, 11) is 1.65. The van der Waals surface area contributed by atoms with Crippen LogP contribution >= 0.6 is 0 Å². The third kappa shape index (κ3) is 17.9. The molecule has 0 aliphatic carbocycles. The lowest BCUT2D eigenvalue weighted by Gasteiger charge is -2.22. The van der Waals surface area contributed by atoms with Crippen molar-refractivity contribution >= 4 is 11.4 Å². The highest BCUT2D eigenvalue weighted by Gasteiger charge is 2.45. The Hall–Kier alpha value is -1.55. The molecule has 1 heterocycles. The Bertz CT molecular complexity index is 964. The van der Waals surface area contributed by atoms with E-state index in [4.69, 9.17) is 52.1 Å². The Morgan fingerprint density at radius 1 is 0.500 bits per heavy atom. The molecule has 1 unspecified atom stereocenters. The fraction of sp³-hybridized carbons (Fsp3) is 0.806. The van der Waals surface area contributed by atoms with Crippen molar-refractivity contribution in [2.75, 3.05) is 152 Å². The molecule has 0 fully saturated rings. The van der Waals surface area contributed by atoms with E-state index in [9.17, 15) is 0 Å². The van der Waals surface area contributed by atoms with Gasteiger partial charge in [0.2, 0.25) is 5.69 Å². The van der Waals surface area contributed by atoms with Crippen LogP contribution in [0, 0.1) is 6.92 Å². The van der Waals surface area contributed by atoms with Gasteiger partial charge in [0.1, 0.15) is 6.54 Å². The summed E-state index contributed by atoms with van der Waals surface area (Å²) in [6.45, 7) is 21.4. The van der Waals surface area contributed by atoms with Crippen LogP contribution in [0.3, 0.4) is 0 Å². The minimum atomic E-state index is 0.0000310. The van der Waals surface area contributed by atoms with Crippen molar-refractivity contribution in [3.05, 3.63) is 29.3 Å². The van der Waals surface area contributed by atoms with Crippen molar-refractivity contribution in [1.82, 2.24) is 0 Å². The van der Waals surface area contributed by atoms with Crippen LogP contribution in [0.1, 0.15) is 38.3 Å². The fourth-order valence-electron chi connectivity index (χ4n) is 5.22. The second kappa shape index (κ2) is 28.2. The van der Waals surface area contributed by atoms with Gasteiger partial charge in [0.05, 0.1) is 138 Å². The van der Waals surface area contributed by atoms with Gasteiger partial charge in [0.25, 0.3) is 0 Å². The molecule has 0 aromatic heterocycles. The number of hydrogen-bond donors (Lipinski definition) is 0. The molecule has 2 rings (SSSR count). The molecule has 0 amide bonds. The summed E-state index contributed by atoms with van der Waals surface area (Å²) < 4.78 is 62.7. The number of nitrogens with zero attached hydrogens (tertiary/aromatic N) is 1. The highest BCUT2D eigenvalue weighted by Crippen LogP contribution is 2.42. The maximum absolute atomic E-state index is 5.93. The predicted octanol–water partition coefficient (Wildman–Crippen LogP) is 3.59. The number of fused-ring (bicyclic) bond motifs is 1. The van der Waals surface area contributed by atoms with Gasteiger partial charge in [0, 0.05) is 32.3 Å². The zero-order chi connectivity index (χ0) is 34.5. The van der Waals surface area contributed by atoms with Gasteiger partial charge in [-0.25, -0.2) is 0 Å². The summed E-state index contributed by atoms with van der Waals surface area (Å²) in [5.74, 6) is 0. The molecule has 1 aliphatic rings. The molecule has 0 bridgehead atoms. The summed E-state index contributed by atoms with van der Waals surface area (Å²) in [6, 6.07) is 6.78. The van der Waals surface area contributed by atoms with Crippen LogP contribution in [0.4, 0.5) is 5.69 Å². The second-order valence-electron chi connectivity index (χ2n) is 11.5. The number of aryl methyl sites for hydroxylation is 1. The lowest BCUT2D eigenvalue weighted by Crippen LogP contribution is -2.32. The molecule has 1 aromatic rings. The van der Waals surface area contributed by atoms with Gasteiger partial charge >= 0.3 is 0 Å². The van der Waals surface area contributed by atoms with Crippen molar-refractivity contribution in [3.63, 3.8) is 0 Å². The van der Waals surface area contributed by atoms with E-state index in [-0.39, 0.29) is 5.41 Å². The van der Waals surface area contributed by atoms with Crippen LogP contribution in [-0.2, 0) is 57.5 Å². The van der Waals surface area contributed by atoms with E-state index < -0.39 is 0 Å². The van der Waals surface area contributed by atoms with Crippen LogP contribution in [0.25, 0.3) is 0 Å². The summed E-state index contributed by atoms with van der Waals surface area (Å²) >= 11 is 0. The molecule has 0 saturated carbocycles. The van der Waals surface area contributed by atoms with Crippen molar-refractivity contribution < 1.29 is 56.7 Å². The van der Waals surface area contributed by atoms with E-state index in [1.165, 1.54) is 22.5 Å². The van der Waals surface area contributed by atoms with Gasteiger partial charge in [-0.15, -0.1) is 0 Å². The molecule has 0 spiro atoms. The van der Waals surface area contributed by atoms with E-state index in [1.807, 2.05) is 0 Å². The van der Waals surface area contributed by atoms with Crippen LogP contribution < -0.4 is 0 Å². The van der Waals surface area contributed by atoms with Crippen LogP contribution in [0.2, 0.25) is 0 Å². The molecule has 1 atom stereocenters. The van der Waals surface area contributed by atoms with Gasteiger partial charge in [-0.05, 0) is 33.3 Å². The first-order chi connectivity index (χ1) is 23.5. The SMILES string of the molecule is CC[N+]1=C(C)C(C)(CCOCCOCCOCCOCCOCCOCCOCCOCCOCCOCCOC)c2cc(C)ccc21. The average molecular weight is 687 g/mol. The topological polar surface area (TPSA) is 105 Å². The molecule has 278 valence electrons. The van der Waals surface area contributed by atoms with Gasteiger partial charge in [-0.2, -0.15) is 4.58 Å². The second-order valence-corrected chi connectivity index (χ2v) is 11.5. The summed E-state index contributed by atoms with van der Waals surface area (Å²) in [5.41, 5.74) is 5.44. The third-order valence-electron chi connectivity index (χ3n) is 8.08. The maximum Gasteiger partial charge on any atom is 0.209 e. The highest BCUT2D eigenvalue weighted by atomic mass is 16.6. The molecule has 12 nitrogen and oxygen atoms in total. The first-order valence-electron chi connectivity index (χ1n) is 17.5. The molecular weight excluding hydrogens is 622 g/mol. The Morgan fingerprint density at radius 3 is 1.17 bits per heavy atom. The number of methoxy groups -OCH3 is 1. The normalized spacial score (nSPS) is 15.9. The van der Waals surface area contributed by atoms with Crippen molar-refractivity contribution in [2.24, 2.45) is 0 Å². The first-order valence-corrected chi connectivity index (χ1v) is 17.5. The summed E-state index contributed by atoms with van der Waals surface area (Å²) in [6.07, 6.45) is 0.951. The molecule has 48 heavy (non-hydrogen) atoms.